The highest BCUT2D eigenvalue weighted by Gasteiger charge is 2.21. The van der Waals surface area contributed by atoms with E-state index in [0.29, 0.717) is 13.0 Å². The van der Waals surface area contributed by atoms with E-state index in [9.17, 15) is 9.90 Å². The lowest BCUT2D eigenvalue weighted by molar-refractivity contribution is -0.130. The fraction of sp³-hybridized carbons (Fsp3) is 0.900. The Bertz CT molecular complexity index is 168. The van der Waals surface area contributed by atoms with Gasteiger partial charge in [-0.2, -0.15) is 0 Å². The zero-order valence-corrected chi connectivity index (χ0v) is 10.3. The quantitative estimate of drug-likeness (QED) is 0.575. The highest BCUT2D eigenvalue weighted by molar-refractivity contribution is 5.85. The fourth-order valence-corrected chi connectivity index (χ4v) is 1.18. The van der Waals surface area contributed by atoms with Crippen molar-refractivity contribution in [2.24, 2.45) is 5.73 Å². The lowest BCUT2D eigenvalue weighted by Gasteiger charge is -2.17. The Labute approximate surface area is 98.0 Å². The van der Waals surface area contributed by atoms with Crippen LogP contribution in [0.1, 0.15) is 39.5 Å². The summed E-state index contributed by atoms with van der Waals surface area (Å²) in [6.45, 7) is 4.64. The van der Waals surface area contributed by atoms with Crippen molar-refractivity contribution in [3.63, 3.8) is 0 Å². The van der Waals surface area contributed by atoms with E-state index in [2.05, 4.69) is 5.32 Å². The molecule has 0 aromatic carbocycles. The van der Waals surface area contributed by atoms with Crippen LogP contribution in [0.5, 0.6) is 0 Å². The summed E-state index contributed by atoms with van der Waals surface area (Å²) in [6, 6.07) is -0.443. The van der Waals surface area contributed by atoms with Crippen molar-refractivity contribution >= 4 is 18.3 Å². The summed E-state index contributed by atoms with van der Waals surface area (Å²) < 4.78 is 0. The van der Waals surface area contributed by atoms with Crippen molar-refractivity contribution in [3.05, 3.63) is 0 Å². The summed E-state index contributed by atoms with van der Waals surface area (Å²) >= 11 is 0. The molecule has 0 rings (SSSR count). The maximum atomic E-state index is 11.3. The van der Waals surface area contributed by atoms with Gasteiger partial charge in [0.05, 0.1) is 0 Å². The van der Waals surface area contributed by atoms with Gasteiger partial charge in [0.2, 0.25) is 5.91 Å². The van der Waals surface area contributed by atoms with E-state index >= 15 is 0 Å². The van der Waals surface area contributed by atoms with Gasteiger partial charge in [-0.25, -0.2) is 0 Å². The minimum absolute atomic E-state index is 0. The maximum absolute atomic E-state index is 11.3. The second-order valence-electron chi connectivity index (χ2n) is 3.54. The number of amides is 1. The molecule has 92 valence electrons. The average molecular weight is 239 g/mol. The van der Waals surface area contributed by atoms with Crippen LogP contribution in [0.4, 0.5) is 0 Å². The molecule has 2 unspecified atom stereocenters. The predicted molar refractivity (Wildman–Crippen MR) is 64.1 cm³/mol. The lowest BCUT2D eigenvalue weighted by atomic mass is 10.1. The first kappa shape index (κ1) is 17.1. The standard InChI is InChI=1S/C10H22N2O2.ClH/c1-3-5-7-12-10(14)9(13)8(11)6-4-2;/h8-9,13H,3-7,11H2,1-2H3,(H,12,14);1H. The van der Waals surface area contributed by atoms with Gasteiger partial charge in [0.15, 0.2) is 0 Å². The number of aliphatic hydroxyl groups excluding tert-OH is 1. The van der Waals surface area contributed by atoms with Crippen LogP contribution in [0.25, 0.3) is 0 Å². The summed E-state index contributed by atoms with van der Waals surface area (Å²) in [5, 5.41) is 12.1. The molecule has 0 bridgehead atoms. The first-order valence-electron chi connectivity index (χ1n) is 5.34. The number of carbonyl (C=O) groups is 1. The highest BCUT2D eigenvalue weighted by Crippen LogP contribution is 1.99. The van der Waals surface area contributed by atoms with Gasteiger partial charge in [0, 0.05) is 12.6 Å². The first-order valence-corrected chi connectivity index (χ1v) is 5.34. The van der Waals surface area contributed by atoms with E-state index in [1.54, 1.807) is 0 Å². The third-order valence-corrected chi connectivity index (χ3v) is 2.13. The van der Waals surface area contributed by atoms with Gasteiger partial charge in [-0.05, 0) is 12.8 Å². The Morgan fingerprint density at radius 3 is 2.47 bits per heavy atom. The van der Waals surface area contributed by atoms with Gasteiger partial charge in [0.25, 0.3) is 0 Å². The molecular formula is C10H23ClN2O2. The van der Waals surface area contributed by atoms with E-state index in [-0.39, 0.29) is 18.3 Å². The summed E-state index contributed by atoms with van der Waals surface area (Å²) in [4.78, 5) is 11.3. The Morgan fingerprint density at radius 2 is 2.00 bits per heavy atom. The van der Waals surface area contributed by atoms with Crippen LogP contribution in [0, 0.1) is 0 Å². The molecule has 4 nitrogen and oxygen atoms in total. The number of hydrogen-bond acceptors (Lipinski definition) is 3. The summed E-state index contributed by atoms with van der Waals surface area (Å²) in [5.74, 6) is -0.348. The van der Waals surface area contributed by atoms with Crippen LogP contribution in [0.3, 0.4) is 0 Å². The number of nitrogens with one attached hydrogen (secondary N) is 1. The van der Waals surface area contributed by atoms with Crippen molar-refractivity contribution in [1.29, 1.82) is 0 Å². The molecule has 1 amide bonds. The molecule has 2 atom stereocenters. The molecule has 0 heterocycles. The highest BCUT2D eigenvalue weighted by atomic mass is 35.5. The monoisotopic (exact) mass is 238 g/mol. The third kappa shape index (κ3) is 7.59. The van der Waals surface area contributed by atoms with Crippen molar-refractivity contribution in [2.75, 3.05) is 6.54 Å². The lowest BCUT2D eigenvalue weighted by Crippen LogP contribution is -2.46. The van der Waals surface area contributed by atoms with Gasteiger partial charge < -0.3 is 16.2 Å². The van der Waals surface area contributed by atoms with Gasteiger partial charge in [0.1, 0.15) is 6.10 Å². The van der Waals surface area contributed by atoms with Crippen molar-refractivity contribution in [1.82, 2.24) is 5.32 Å². The molecule has 0 fully saturated rings. The zero-order valence-electron chi connectivity index (χ0n) is 9.53. The SMILES string of the molecule is CCCCNC(=O)C(O)C(N)CCC.Cl. The van der Waals surface area contributed by atoms with E-state index in [1.165, 1.54) is 0 Å². The van der Waals surface area contributed by atoms with Gasteiger partial charge >= 0.3 is 0 Å². The van der Waals surface area contributed by atoms with Crippen LogP contribution in [0.15, 0.2) is 0 Å². The molecule has 0 radical (unpaired) electrons. The molecular weight excluding hydrogens is 216 g/mol. The van der Waals surface area contributed by atoms with Crippen LogP contribution in [-0.2, 0) is 4.79 Å². The number of carbonyl (C=O) groups excluding carboxylic acids is 1. The van der Waals surface area contributed by atoms with E-state index in [4.69, 9.17) is 5.73 Å². The molecule has 4 N–H and O–H groups in total. The van der Waals surface area contributed by atoms with Gasteiger partial charge in [-0.3, -0.25) is 4.79 Å². The van der Waals surface area contributed by atoms with Crippen molar-refractivity contribution < 1.29 is 9.90 Å². The molecule has 0 saturated heterocycles. The van der Waals surface area contributed by atoms with Crippen LogP contribution >= 0.6 is 12.4 Å². The minimum atomic E-state index is -1.06. The predicted octanol–water partition coefficient (Wildman–Crippen LogP) is 0.813. The Balaban J connectivity index is 0. The Morgan fingerprint density at radius 1 is 1.40 bits per heavy atom. The number of rotatable bonds is 7. The number of nitrogens with two attached hydrogens (primary N) is 1. The molecule has 0 aromatic rings. The normalized spacial score (nSPS) is 13.9. The topological polar surface area (TPSA) is 75.3 Å². The molecule has 0 saturated carbocycles. The average Bonchev–Trinajstić information content (AvgIpc) is 2.17. The summed E-state index contributed by atoms with van der Waals surface area (Å²) in [5.41, 5.74) is 5.62. The van der Waals surface area contributed by atoms with Crippen molar-refractivity contribution in [3.8, 4) is 0 Å². The fourth-order valence-electron chi connectivity index (χ4n) is 1.18. The van der Waals surface area contributed by atoms with Gasteiger partial charge in [-0.1, -0.05) is 26.7 Å². The van der Waals surface area contributed by atoms with Gasteiger partial charge in [-0.15, -0.1) is 12.4 Å². The first-order chi connectivity index (χ1) is 6.63. The Hall–Kier alpha value is -0.320. The van der Waals surface area contributed by atoms with E-state index < -0.39 is 12.1 Å². The number of unbranched alkanes of at least 4 members (excludes halogenated alkanes) is 1. The van der Waals surface area contributed by atoms with E-state index in [1.807, 2.05) is 13.8 Å². The molecule has 0 aliphatic rings. The van der Waals surface area contributed by atoms with Crippen LogP contribution in [0.2, 0.25) is 0 Å². The molecule has 0 aliphatic carbocycles. The van der Waals surface area contributed by atoms with Crippen LogP contribution < -0.4 is 11.1 Å². The Kier molecular flexibility index (Phi) is 11.6. The molecule has 0 aromatic heterocycles. The number of aliphatic hydroxyl groups is 1. The largest absolute Gasteiger partial charge is 0.382 e. The molecule has 0 aliphatic heterocycles. The summed E-state index contributed by atoms with van der Waals surface area (Å²) in [7, 11) is 0. The maximum Gasteiger partial charge on any atom is 0.250 e. The zero-order chi connectivity index (χ0) is 11.0. The summed E-state index contributed by atoms with van der Waals surface area (Å²) in [6.07, 6.45) is 2.44. The second kappa shape index (κ2) is 10.2. The van der Waals surface area contributed by atoms with Crippen molar-refractivity contribution in [2.45, 2.75) is 51.7 Å². The van der Waals surface area contributed by atoms with E-state index in [0.717, 1.165) is 19.3 Å². The molecule has 5 heteroatoms. The third-order valence-electron chi connectivity index (χ3n) is 2.13. The second-order valence-corrected chi connectivity index (χ2v) is 3.54. The molecule has 0 spiro atoms. The number of halogens is 1. The number of hydrogen-bond donors (Lipinski definition) is 3. The smallest absolute Gasteiger partial charge is 0.250 e. The molecule has 15 heavy (non-hydrogen) atoms. The van der Waals surface area contributed by atoms with Crippen LogP contribution in [-0.4, -0.2) is 29.7 Å². The minimum Gasteiger partial charge on any atom is -0.382 e.